The van der Waals surface area contributed by atoms with Crippen LogP contribution < -0.4 is 5.32 Å². The van der Waals surface area contributed by atoms with Crippen LogP contribution in [0.5, 0.6) is 0 Å². The lowest BCUT2D eigenvalue weighted by Gasteiger charge is -2.31. The molecule has 6 heteroatoms. The first kappa shape index (κ1) is 16.4. The summed E-state index contributed by atoms with van der Waals surface area (Å²) in [6.07, 6.45) is 0.910. The van der Waals surface area contributed by atoms with Gasteiger partial charge in [-0.05, 0) is 39.2 Å². The van der Waals surface area contributed by atoms with Crippen molar-refractivity contribution in [3.05, 3.63) is 65.2 Å². The average Bonchev–Trinajstić information content (AvgIpc) is 2.57. The summed E-state index contributed by atoms with van der Waals surface area (Å²) in [4.78, 5) is 22.7. The topological polar surface area (TPSA) is 61.8 Å². The number of halogens is 1. The van der Waals surface area contributed by atoms with Gasteiger partial charge in [0.2, 0.25) is 5.91 Å². The molecule has 0 radical (unpaired) electrons. The minimum absolute atomic E-state index is 0.107. The van der Waals surface area contributed by atoms with E-state index >= 15 is 0 Å². The van der Waals surface area contributed by atoms with Crippen molar-refractivity contribution >= 4 is 38.4 Å². The highest BCUT2D eigenvalue weighted by Crippen LogP contribution is 2.31. The molecular formula is C18H16BrN3O2. The van der Waals surface area contributed by atoms with Gasteiger partial charge in [0.25, 0.3) is 0 Å². The zero-order chi connectivity index (χ0) is 17.1. The maximum Gasteiger partial charge on any atom is 0.221 e. The molecule has 0 saturated heterocycles. The molecule has 1 aliphatic rings. The van der Waals surface area contributed by atoms with Crippen molar-refractivity contribution in [3.8, 4) is 0 Å². The van der Waals surface area contributed by atoms with E-state index in [1.54, 1.807) is 5.01 Å². The molecule has 0 bridgehead atoms. The van der Waals surface area contributed by atoms with E-state index < -0.39 is 6.04 Å². The van der Waals surface area contributed by atoms with Gasteiger partial charge < -0.3 is 10.1 Å². The minimum atomic E-state index is -0.419. The lowest BCUT2D eigenvalue weighted by atomic mass is 9.99. The molecule has 3 rings (SSSR count). The fraction of sp³-hybridized carbons (Fsp3) is 0.167. The highest BCUT2D eigenvalue weighted by molar-refractivity contribution is 9.18. The lowest BCUT2D eigenvalue weighted by Crippen LogP contribution is -2.30. The third-order valence-corrected chi connectivity index (χ3v) is 4.37. The summed E-state index contributed by atoms with van der Waals surface area (Å²) in [5.41, 5.74) is 3.61. The molecule has 0 fully saturated rings. The standard InChI is InChI=1S/C18H16BrN3O2/c1-12(24)20-14-8-6-13(7-9-14)10-22-17(11-23)15-4-2-3-5-16(15)18(19)21-22/h2-9,11,17H,10H2,1H3,(H,20,24). The Labute approximate surface area is 148 Å². The number of nitrogens with one attached hydrogen (secondary N) is 1. The van der Waals surface area contributed by atoms with Gasteiger partial charge in [0.1, 0.15) is 16.9 Å². The van der Waals surface area contributed by atoms with E-state index in [9.17, 15) is 9.59 Å². The second-order valence-corrected chi connectivity index (χ2v) is 6.29. The van der Waals surface area contributed by atoms with Gasteiger partial charge >= 0.3 is 0 Å². The Morgan fingerprint density at radius 2 is 1.96 bits per heavy atom. The van der Waals surface area contributed by atoms with E-state index in [0.717, 1.165) is 28.7 Å². The quantitative estimate of drug-likeness (QED) is 0.819. The molecule has 1 heterocycles. The zero-order valence-corrected chi connectivity index (χ0v) is 14.7. The van der Waals surface area contributed by atoms with Crippen molar-refractivity contribution in [2.45, 2.75) is 19.5 Å². The smallest absolute Gasteiger partial charge is 0.221 e. The van der Waals surface area contributed by atoms with Crippen molar-refractivity contribution < 1.29 is 9.59 Å². The van der Waals surface area contributed by atoms with Crippen molar-refractivity contribution in [3.63, 3.8) is 0 Å². The van der Waals surface area contributed by atoms with Gasteiger partial charge in [-0.3, -0.25) is 9.80 Å². The third-order valence-electron chi connectivity index (χ3n) is 3.79. The zero-order valence-electron chi connectivity index (χ0n) is 13.1. The normalized spacial score (nSPS) is 16.2. The highest BCUT2D eigenvalue weighted by atomic mass is 79.9. The second kappa shape index (κ2) is 6.97. The van der Waals surface area contributed by atoms with E-state index in [1.165, 1.54) is 6.92 Å². The number of hydrazone groups is 1. The van der Waals surface area contributed by atoms with E-state index in [-0.39, 0.29) is 5.91 Å². The Kier molecular flexibility index (Phi) is 4.76. The lowest BCUT2D eigenvalue weighted by molar-refractivity contribution is -0.114. The maximum absolute atomic E-state index is 11.6. The largest absolute Gasteiger partial charge is 0.326 e. The number of carbonyl (C=O) groups excluding carboxylic acids is 2. The Morgan fingerprint density at radius 1 is 1.25 bits per heavy atom. The number of rotatable bonds is 4. The van der Waals surface area contributed by atoms with Gasteiger partial charge in [-0.15, -0.1) is 0 Å². The Morgan fingerprint density at radius 3 is 2.62 bits per heavy atom. The number of carbonyl (C=O) groups is 2. The molecule has 0 aromatic heterocycles. The highest BCUT2D eigenvalue weighted by Gasteiger charge is 2.27. The number of nitrogens with zero attached hydrogens (tertiary/aromatic N) is 2. The molecule has 24 heavy (non-hydrogen) atoms. The van der Waals surface area contributed by atoms with E-state index in [4.69, 9.17) is 0 Å². The summed E-state index contributed by atoms with van der Waals surface area (Å²) in [5.74, 6) is -0.107. The van der Waals surface area contributed by atoms with E-state index in [0.29, 0.717) is 11.2 Å². The van der Waals surface area contributed by atoms with Gasteiger partial charge in [0.15, 0.2) is 0 Å². The van der Waals surface area contributed by atoms with Gasteiger partial charge in [-0.2, -0.15) is 5.10 Å². The first-order chi connectivity index (χ1) is 11.6. The number of anilines is 1. The molecule has 0 saturated carbocycles. The Bertz CT molecular complexity index is 802. The van der Waals surface area contributed by atoms with Crippen LogP contribution in [0.1, 0.15) is 29.7 Å². The number of benzene rings is 2. The summed E-state index contributed by atoms with van der Waals surface area (Å²) in [6.45, 7) is 1.97. The van der Waals surface area contributed by atoms with Crippen molar-refractivity contribution in [1.29, 1.82) is 0 Å². The van der Waals surface area contributed by atoms with Crippen LogP contribution in [0.3, 0.4) is 0 Å². The summed E-state index contributed by atoms with van der Waals surface area (Å²) < 4.78 is 0.714. The SMILES string of the molecule is CC(=O)Nc1ccc(CN2N=C(Br)c3ccccc3C2C=O)cc1. The summed E-state index contributed by atoms with van der Waals surface area (Å²) in [7, 11) is 0. The number of fused-ring (bicyclic) bond motifs is 1. The monoisotopic (exact) mass is 385 g/mol. The molecule has 1 aliphatic heterocycles. The second-order valence-electron chi connectivity index (χ2n) is 5.53. The number of aldehydes is 1. The predicted octanol–water partition coefficient (Wildman–Crippen LogP) is 3.46. The van der Waals surface area contributed by atoms with Crippen LogP contribution in [0.15, 0.2) is 53.6 Å². The molecule has 1 unspecified atom stereocenters. The molecule has 5 nitrogen and oxygen atoms in total. The molecule has 122 valence electrons. The molecular weight excluding hydrogens is 370 g/mol. The van der Waals surface area contributed by atoms with E-state index in [1.807, 2.05) is 48.5 Å². The van der Waals surface area contributed by atoms with Crippen LogP contribution in [-0.2, 0) is 16.1 Å². The Hall–Kier alpha value is -2.47. The average molecular weight is 386 g/mol. The predicted molar refractivity (Wildman–Crippen MR) is 97.0 cm³/mol. The number of hydrogen-bond acceptors (Lipinski definition) is 4. The molecule has 1 amide bonds. The van der Waals surface area contributed by atoms with Crippen LogP contribution in [-0.4, -0.2) is 21.8 Å². The molecule has 1 N–H and O–H groups in total. The van der Waals surface area contributed by atoms with Gasteiger partial charge in [-0.25, -0.2) is 0 Å². The van der Waals surface area contributed by atoms with Crippen LogP contribution in [0.25, 0.3) is 0 Å². The van der Waals surface area contributed by atoms with Crippen LogP contribution in [0, 0.1) is 0 Å². The van der Waals surface area contributed by atoms with Crippen LogP contribution in [0.2, 0.25) is 0 Å². The number of hydrogen-bond donors (Lipinski definition) is 1. The molecule has 1 atom stereocenters. The fourth-order valence-electron chi connectivity index (χ4n) is 2.69. The Balaban J connectivity index is 1.83. The first-order valence-electron chi connectivity index (χ1n) is 7.50. The van der Waals surface area contributed by atoms with Crippen molar-refractivity contribution in [2.24, 2.45) is 5.10 Å². The summed E-state index contributed by atoms with van der Waals surface area (Å²) in [6, 6.07) is 14.8. The van der Waals surface area contributed by atoms with Crippen LogP contribution in [0.4, 0.5) is 5.69 Å². The molecule has 2 aromatic carbocycles. The maximum atomic E-state index is 11.6. The van der Waals surface area contributed by atoms with Gasteiger partial charge in [0, 0.05) is 18.2 Å². The third kappa shape index (κ3) is 3.38. The number of amides is 1. The molecule has 0 aliphatic carbocycles. The molecule has 0 spiro atoms. The summed E-state index contributed by atoms with van der Waals surface area (Å²) >= 11 is 3.48. The van der Waals surface area contributed by atoms with Crippen LogP contribution >= 0.6 is 15.9 Å². The van der Waals surface area contributed by atoms with Crippen molar-refractivity contribution in [1.82, 2.24) is 5.01 Å². The minimum Gasteiger partial charge on any atom is -0.326 e. The van der Waals surface area contributed by atoms with Gasteiger partial charge in [-0.1, -0.05) is 36.4 Å². The van der Waals surface area contributed by atoms with Gasteiger partial charge in [0.05, 0.1) is 6.54 Å². The fourth-order valence-corrected chi connectivity index (χ4v) is 3.26. The first-order valence-corrected chi connectivity index (χ1v) is 8.29. The molecule has 2 aromatic rings. The van der Waals surface area contributed by atoms with Crippen molar-refractivity contribution in [2.75, 3.05) is 5.32 Å². The van der Waals surface area contributed by atoms with E-state index in [2.05, 4.69) is 26.3 Å². The summed E-state index contributed by atoms with van der Waals surface area (Å²) in [5, 5.41) is 9.00.